The van der Waals surface area contributed by atoms with E-state index < -0.39 is 27.9 Å². The quantitative estimate of drug-likeness (QED) is 0.253. The summed E-state index contributed by atoms with van der Waals surface area (Å²) in [6, 6.07) is 0. The summed E-state index contributed by atoms with van der Waals surface area (Å²) < 4.78 is 50.0. The van der Waals surface area contributed by atoms with E-state index in [0.717, 1.165) is 0 Å². The summed E-state index contributed by atoms with van der Waals surface area (Å²) in [5, 5.41) is 0. The number of hydrogen-bond donors (Lipinski definition) is 4. The van der Waals surface area contributed by atoms with Crippen molar-refractivity contribution in [1.29, 1.82) is 0 Å². The molecule has 2 unspecified atom stereocenters. The van der Waals surface area contributed by atoms with Gasteiger partial charge in [-0.1, -0.05) is 0 Å². The molecule has 0 aromatic rings. The lowest BCUT2D eigenvalue weighted by Crippen LogP contribution is -2.17. The largest absolute Gasteiger partial charge is 0.497 e. The molecular formula is C5H14O8P2S4. The van der Waals surface area contributed by atoms with Crippen molar-refractivity contribution < 1.29 is 34.1 Å². The molecule has 0 aliphatic rings. The molecule has 116 valence electrons. The molecule has 0 spiro atoms. The predicted molar refractivity (Wildman–Crippen MR) is 81.2 cm³/mol. The van der Waals surface area contributed by atoms with E-state index in [1.54, 1.807) is 13.8 Å². The van der Waals surface area contributed by atoms with Crippen molar-refractivity contribution in [3.8, 4) is 0 Å². The van der Waals surface area contributed by atoms with Crippen molar-refractivity contribution >= 4 is 67.3 Å². The van der Waals surface area contributed by atoms with Crippen LogP contribution in [0.25, 0.3) is 0 Å². The molecule has 0 fully saturated rings. The highest BCUT2D eigenvalue weighted by Crippen LogP contribution is 2.54. The van der Waals surface area contributed by atoms with Crippen LogP contribution in [0.3, 0.4) is 0 Å². The van der Waals surface area contributed by atoms with E-state index in [-0.39, 0.29) is 6.42 Å². The summed E-state index contributed by atoms with van der Waals surface area (Å²) >= 11 is 13.4. The van der Waals surface area contributed by atoms with Gasteiger partial charge in [0.1, 0.15) is 0 Å². The number of thiol groups is 4. The second kappa shape index (κ2) is 9.60. The normalized spacial score (nSPS) is 16.3. The lowest BCUT2D eigenvalue weighted by molar-refractivity contribution is 0.0961. The van der Waals surface area contributed by atoms with Crippen molar-refractivity contribution in [2.24, 2.45) is 0 Å². The average Bonchev–Trinajstić information content (AvgIpc) is 2.37. The van der Waals surface area contributed by atoms with Gasteiger partial charge in [0.2, 0.25) is 0 Å². The van der Waals surface area contributed by atoms with E-state index in [0.29, 0.717) is 0 Å². The second-order valence-corrected chi connectivity index (χ2v) is 8.11. The first-order chi connectivity index (χ1) is 8.74. The minimum absolute atomic E-state index is 0.163. The Bertz CT molecular complexity index is 308. The molecule has 0 bridgehead atoms. The van der Waals surface area contributed by atoms with E-state index >= 15 is 0 Å². The Morgan fingerprint density at radius 1 is 0.789 bits per heavy atom. The Hall–Kier alpha value is 1.62. The van der Waals surface area contributed by atoms with E-state index in [4.69, 9.17) is 9.05 Å². The molecule has 2 atom stereocenters. The highest BCUT2D eigenvalue weighted by molar-refractivity contribution is 7.85. The third kappa shape index (κ3) is 7.98. The monoisotopic (exact) mass is 392 g/mol. The predicted octanol–water partition coefficient (Wildman–Crippen LogP) is 3.85. The molecule has 8 nitrogen and oxygen atoms in total. The van der Waals surface area contributed by atoms with Crippen LogP contribution in [0.15, 0.2) is 0 Å². The van der Waals surface area contributed by atoms with Gasteiger partial charge < -0.3 is 0 Å². The summed E-state index contributed by atoms with van der Waals surface area (Å²) in [6.45, 7) is 3.11. The smallest absolute Gasteiger partial charge is 0.282 e. The van der Waals surface area contributed by atoms with Crippen LogP contribution in [0, 0.1) is 0 Å². The number of rotatable bonds is 10. The minimum Gasteiger partial charge on any atom is -0.282 e. The highest BCUT2D eigenvalue weighted by atomic mass is 32.1. The van der Waals surface area contributed by atoms with Gasteiger partial charge in [0, 0.05) is 6.42 Å². The molecule has 0 heterocycles. The SMILES string of the molecule is CC(CC(C)OP(=O)(OS)OS)OP(=O)(OS)OS. The lowest BCUT2D eigenvalue weighted by atomic mass is 10.2. The van der Waals surface area contributed by atoms with Gasteiger partial charge in [0.05, 0.1) is 12.2 Å². The van der Waals surface area contributed by atoms with Gasteiger partial charge in [-0.05, 0) is 65.5 Å². The van der Waals surface area contributed by atoms with Gasteiger partial charge in [0.15, 0.2) is 0 Å². The van der Waals surface area contributed by atoms with Crippen LogP contribution >= 0.6 is 67.3 Å². The van der Waals surface area contributed by atoms with Gasteiger partial charge in [-0.25, -0.2) is 25.0 Å². The van der Waals surface area contributed by atoms with Gasteiger partial charge in [-0.3, -0.25) is 9.05 Å². The third-order valence-corrected chi connectivity index (χ3v) is 6.12. The first kappa shape index (κ1) is 20.6. The maximum absolute atomic E-state index is 11.6. The fourth-order valence-corrected chi connectivity index (χ4v) is 3.55. The maximum Gasteiger partial charge on any atom is 0.497 e. The van der Waals surface area contributed by atoms with Crippen molar-refractivity contribution in [3.63, 3.8) is 0 Å². The second-order valence-electron chi connectivity index (χ2n) is 3.29. The third-order valence-electron chi connectivity index (χ3n) is 1.68. The molecule has 0 amide bonds. The molecule has 0 rings (SSSR count). The Morgan fingerprint density at radius 3 is 1.26 bits per heavy atom. The molecule has 0 aliphatic heterocycles. The Balaban J connectivity index is 4.38. The zero-order chi connectivity index (χ0) is 15.1. The molecule has 0 aliphatic carbocycles. The number of hydrogen-bond acceptors (Lipinski definition) is 12. The van der Waals surface area contributed by atoms with Gasteiger partial charge in [0.25, 0.3) is 0 Å². The van der Waals surface area contributed by atoms with Crippen LogP contribution in [0.5, 0.6) is 0 Å². The molecular weight excluding hydrogens is 378 g/mol. The van der Waals surface area contributed by atoms with Gasteiger partial charge >= 0.3 is 15.6 Å². The van der Waals surface area contributed by atoms with Crippen LogP contribution in [0.4, 0.5) is 0 Å². The van der Waals surface area contributed by atoms with Crippen molar-refractivity contribution in [1.82, 2.24) is 0 Å². The summed E-state index contributed by atoms with van der Waals surface area (Å²) in [4.78, 5) is 0. The Labute approximate surface area is 133 Å². The molecule has 0 aromatic heterocycles. The Kier molecular flexibility index (Phi) is 10.4. The number of phosphoric acid groups is 2. The standard InChI is InChI=1S/C5H14O8P2S4/c1-4(8-14(6,10-16)11-17)3-5(2)9-15(7,12-18)13-19/h4-5,16-19H,3H2,1-2H3. The molecule has 0 saturated carbocycles. The molecule has 0 saturated heterocycles. The zero-order valence-electron chi connectivity index (χ0n) is 9.81. The Morgan fingerprint density at radius 2 is 1.05 bits per heavy atom. The minimum atomic E-state index is -3.85. The topological polar surface area (TPSA) is 89.5 Å². The molecule has 0 N–H and O–H groups in total. The summed E-state index contributed by atoms with van der Waals surface area (Å²) in [6.07, 6.45) is -1.13. The fraction of sp³-hybridized carbons (Fsp3) is 1.00. The van der Waals surface area contributed by atoms with E-state index in [9.17, 15) is 9.13 Å². The summed E-state index contributed by atoms with van der Waals surface area (Å²) in [7, 11) is -7.69. The van der Waals surface area contributed by atoms with Crippen LogP contribution in [0.1, 0.15) is 20.3 Å². The van der Waals surface area contributed by atoms with Gasteiger partial charge in [-0.2, -0.15) is 0 Å². The first-order valence-corrected chi connectivity index (χ1v) is 9.02. The first-order valence-electron chi connectivity index (χ1n) is 4.63. The summed E-state index contributed by atoms with van der Waals surface area (Å²) in [5.41, 5.74) is 0. The van der Waals surface area contributed by atoms with E-state index in [1.165, 1.54) is 0 Å². The van der Waals surface area contributed by atoms with Crippen LogP contribution in [-0.4, -0.2) is 12.2 Å². The lowest BCUT2D eigenvalue weighted by Gasteiger charge is -2.22. The van der Waals surface area contributed by atoms with Crippen molar-refractivity contribution in [2.45, 2.75) is 32.5 Å². The summed E-state index contributed by atoms with van der Waals surface area (Å²) in [5.74, 6) is 0. The van der Waals surface area contributed by atoms with Gasteiger partial charge in [-0.15, -0.1) is 0 Å². The van der Waals surface area contributed by atoms with Crippen molar-refractivity contribution in [3.05, 3.63) is 0 Å². The molecule has 14 heteroatoms. The average molecular weight is 392 g/mol. The highest BCUT2D eigenvalue weighted by Gasteiger charge is 2.32. The molecule has 0 aromatic carbocycles. The van der Waals surface area contributed by atoms with E-state index in [2.05, 4.69) is 67.5 Å². The van der Waals surface area contributed by atoms with Crippen LogP contribution < -0.4 is 0 Å². The van der Waals surface area contributed by atoms with E-state index in [1.807, 2.05) is 0 Å². The fourth-order valence-electron chi connectivity index (χ4n) is 1.10. The molecule has 19 heavy (non-hydrogen) atoms. The van der Waals surface area contributed by atoms with Crippen LogP contribution in [0.2, 0.25) is 0 Å². The zero-order valence-corrected chi connectivity index (χ0v) is 15.2. The van der Waals surface area contributed by atoms with Crippen molar-refractivity contribution in [2.75, 3.05) is 0 Å². The van der Waals surface area contributed by atoms with Crippen LogP contribution in [-0.2, 0) is 34.1 Å². The molecule has 0 radical (unpaired) electrons. The maximum atomic E-state index is 11.6.